The van der Waals surface area contributed by atoms with Crippen LogP contribution in [0.1, 0.15) is 5.56 Å². The van der Waals surface area contributed by atoms with Crippen LogP contribution in [0.5, 0.6) is 0 Å². The van der Waals surface area contributed by atoms with Gasteiger partial charge in [0.2, 0.25) is 0 Å². The predicted molar refractivity (Wildman–Crippen MR) is 102 cm³/mol. The molecule has 24 heavy (non-hydrogen) atoms. The Labute approximate surface area is 157 Å². The number of fused-ring (bicyclic) bond motifs is 3. The van der Waals surface area contributed by atoms with E-state index < -0.39 is 0 Å². The van der Waals surface area contributed by atoms with Crippen molar-refractivity contribution in [2.45, 2.75) is 10.9 Å². The Morgan fingerprint density at radius 3 is 2.67 bits per heavy atom. The highest BCUT2D eigenvalue weighted by Gasteiger charge is 2.12. The highest BCUT2D eigenvalue weighted by atomic mass is 35.5. The van der Waals surface area contributed by atoms with E-state index in [9.17, 15) is 0 Å². The van der Waals surface area contributed by atoms with Gasteiger partial charge in [-0.05, 0) is 41.3 Å². The summed E-state index contributed by atoms with van der Waals surface area (Å²) in [6.45, 7) is 0. The number of thioether (sulfide) groups is 1. The lowest BCUT2D eigenvalue weighted by molar-refractivity contribution is 0.940. The van der Waals surface area contributed by atoms with Crippen molar-refractivity contribution in [1.29, 1.82) is 0 Å². The molecular weight excluding hydrogens is 385 g/mol. The predicted octanol–water partition coefficient (Wildman–Crippen LogP) is 6.14. The molecule has 0 fully saturated rings. The average Bonchev–Trinajstić information content (AvgIpc) is 3.00. The minimum atomic E-state index is 0.455. The second kappa shape index (κ2) is 6.45. The molecule has 0 aliphatic carbocycles. The highest BCUT2D eigenvalue weighted by Crippen LogP contribution is 2.34. The SMILES string of the molecule is Clc1cc(Cl)c(Cl)c(CSc2nnc3ccc4ccccc4n23)c1. The minimum Gasteiger partial charge on any atom is -0.270 e. The molecule has 4 aromatic rings. The molecule has 2 aromatic heterocycles. The van der Waals surface area contributed by atoms with Crippen molar-refractivity contribution in [3.63, 3.8) is 0 Å². The number of hydrogen-bond acceptors (Lipinski definition) is 3. The molecule has 0 aliphatic rings. The van der Waals surface area contributed by atoms with E-state index in [1.807, 2.05) is 34.7 Å². The first-order valence-corrected chi connectivity index (χ1v) is 9.24. The molecule has 0 bridgehead atoms. The molecule has 120 valence electrons. The van der Waals surface area contributed by atoms with Gasteiger partial charge in [0, 0.05) is 10.8 Å². The van der Waals surface area contributed by atoms with Gasteiger partial charge in [-0.3, -0.25) is 4.40 Å². The molecule has 0 saturated carbocycles. The number of pyridine rings is 1. The van der Waals surface area contributed by atoms with Crippen LogP contribution >= 0.6 is 46.6 Å². The third-order valence-electron chi connectivity index (χ3n) is 3.67. The molecule has 0 aliphatic heterocycles. The fraction of sp³-hybridized carbons (Fsp3) is 0.0588. The summed E-state index contributed by atoms with van der Waals surface area (Å²) in [5.74, 6) is 0.600. The Bertz CT molecular complexity index is 1060. The van der Waals surface area contributed by atoms with E-state index in [4.69, 9.17) is 34.8 Å². The highest BCUT2D eigenvalue weighted by molar-refractivity contribution is 7.98. The maximum atomic E-state index is 6.27. The summed E-state index contributed by atoms with van der Waals surface area (Å²) in [6.07, 6.45) is 0. The van der Waals surface area contributed by atoms with Gasteiger partial charge in [-0.2, -0.15) is 0 Å². The zero-order valence-corrected chi connectivity index (χ0v) is 15.3. The van der Waals surface area contributed by atoms with Gasteiger partial charge in [-0.15, -0.1) is 10.2 Å². The first-order valence-electron chi connectivity index (χ1n) is 7.12. The Morgan fingerprint density at radius 2 is 1.79 bits per heavy atom. The summed E-state index contributed by atoms with van der Waals surface area (Å²) in [5, 5.41) is 12.0. The number of halogens is 3. The maximum Gasteiger partial charge on any atom is 0.196 e. The molecule has 0 amide bonds. The first-order chi connectivity index (χ1) is 11.6. The Kier molecular flexibility index (Phi) is 4.31. The van der Waals surface area contributed by atoms with Gasteiger partial charge in [0.05, 0.1) is 15.6 Å². The molecule has 7 heteroatoms. The van der Waals surface area contributed by atoms with E-state index in [0.717, 1.165) is 27.3 Å². The Morgan fingerprint density at radius 1 is 0.958 bits per heavy atom. The molecule has 3 nitrogen and oxygen atoms in total. The zero-order valence-electron chi connectivity index (χ0n) is 12.2. The molecule has 4 rings (SSSR count). The van der Waals surface area contributed by atoms with Crippen molar-refractivity contribution in [3.8, 4) is 0 Å². The van der Waals surface area contributed by atoms with Crippen molar-refractivity contribution >= 4 is 63.1 Å². The lowest BCUT2D eigenvalue weighted by atomic mass is 10.2. The largest absolute Gasteiger partial charge is 0.270 e. The lowest BCUT2D eigenvalue weighted by Crippen LogP contribution is -1.92. The summed E-state index contributed by atoms with van der Waals surface area (Å²) in [6, 6.07) is 15.6. The van der Waals surface area contributed by atoms with E-state index in [-0.39, 0.29) is 0 Å². The van der Waals surface area contributed by atoms with Gasteiger partial charge >= 0.3 is 0 Å². The van der Waals surface area contributed by atoms with Crippen LogP contribution in [0, 0.1) is 0 Å². The van der Waals surface area contributed by atoms with Gasteiger partial charge < -0.3 is 0 Å². The second-order valence-electron chi connectivity index (χ2n) is 5.22. The third kappa shape index (κ3) is 2.84. The fourth-order valence-electron chi connectivity index (χ4n) is 2.56. The van der Waals surface area contributed by atoms with Crippen molar-refractivity contribution in [1.82, 2.24) is 14.6 Å². The lowest BCUT2D eigenvalue weighted by Gasteiger charge is -2.07. The molecule has 0 N–H and O–H groups in total. The van der Waals surface area contributed by atoms with Crippen molar-refractivity contribution in [3.05, 3.63) is 69.2 Å². The van der Waals surface area contributed by atoms with Crippen molar-refractivity contribution < 1.29 is 0 Å². The Hall–Kier alpha value is -1.46. The van der Waals surface area contributed by atoms with Crippen LogP contribution in [0.2, 0.25) is 15.1 Å². The molecule has 0 radical (unpaired) electrons. The molecule has 0 spiro atoms. The molecule has 0 saturated heterocycles. The molecular formula is C17H10Cl3N3S. The summed E-state index contributed by atoms with van der Waals surface area (Å²) in [5.41, 5.74) is 2.75. The topological polar surface area (TPSA) is 30.2 Å². The van der Waals surface area contributed by atoms with Gasteiger partial charge in [-0.1, -0.05) is 64.8 Å². The summed E-state index contributed by atoms with van der Waals surface area (Å²) < 4.78 is 2.04. The number of rotatable bonds is 3. The van der Waals surface area contributed by atoms with Crippen LogP contribution in [0.3, 0.4) is 0 Å². The summed E-state index contributed by atoms with van der Waals surface area (Å²) in [7, 11) is 0. The smallest absolute Gasteiger partial charge is 0.196 e. The van der Waals surface area contributed by atoms with Gasteiger partial charge in [0.1, 0.15) is 0 Å². The summed E-state index contributed by atoms with van der Waals surface area (Å²) in [4.78, 5) is 0. The van der Waals surface area contributed by atoms with E-state index in [1.54, 1.807) is 17.8 Å². The van der Waals surface area contributed by atoms with Crippen LogP contribution in [0.4, 0.5) is 0 Å². The number of nitrogens with zero attached hydrogens (tertiary/aromatic N) is 3. The average molecular weight is 395 g/mol. The summed E-state index contributed by atoms with van der Waals surface area (Å²) >= 11 is 20.0. The van der Waals surface area contributed by atoms with Crippen molar-refractivity contribution in [2.24, 2.45) is 0 Å². The number of benzene rings is 2. The van der Waals surface area contributed by atoms with E-state index in [2.05, 4.69) is 22.3 Å². The van der Waals surface area contributed by atoms with E-state index in [0.29, 0.717) is 20.8 Å². The van der Waals surface area contributed by atoms with Gasteiger partial charge in [0.15, 0.2) is 10.8 Å². The standard InChI is InChI=1S/C17H10Cl3N3S/c18-12-7-11(16(20)13(19)8-12)9-24-17-22-21-15-6-5-10-3-1-2-4-14(10)23(15)17/h1-8H,9H2. The van der Waals surface area contributed by atoms with Crippen LogP contribution in [-0.4, -0.2) is 14.6 Å². The first kappa shape index (κ1) is 16.0. The van der Waals surface area contributed by atoms with Gasteiger partial charge in [-0.25, -0.2) is 0 Å². The zero-order chi connectivity index (χ0) is 16.7. The monoisotopic (exact) mass is 393 g/mol. The maximum absolute atomic E-state index is 6.27. The van der Waals surface area contributed by atoms with Crippen LogP contribution < -0.4 is 0 Å². The normalized spacial score (nSPS) is 11.5. The second-order valence-corrected chi connectivity index (χ2v) is 7.38. The number of hydrogen-bond donors (Lipinski definition) is 0. The minimum absolute atomic E-state index is 0.455. The van der Waals surface area contributed by atoms with Gasteiger partial charge in [0.25, 0.3) is 0 Å². The third-order valence-corrected chi connectivity index (χ3v) is 5.71. The number of aromatic nitrogens is 3. The Balaban J connectivity index is 1.74. The van der Waals surface area contributed by atoms with Crippen molar-refractivity contribution in [2.75, 3.05) is 0 Å². The number of para-hydroxylation sites is 1. The van der Waals surface area contributed by atoms with Crippen LogP contribution in [0.25, 0.3) is 16.6 Å². The van der Waals surface area contributed by atoms with Crippen LogP contribution in [-0.2, 0) is 5.75 Å². The fourth-order valence-corrected chi connectivity index (χ4v) is 4.28. The molecule has 0 atom stereocenters. The van der Waals surface area contributed by atoms with Crippen LogP contribution in [0.15, 0.2) is 53.7 Å². The molecule has 0 unspecified atom stereocenters. The van der Waals surface area contributed by atoms with E-state index >= 15 is 0 Å². The van der Waals surface area contributed by atoms with E-state index in [1.165, 1.54) is 0 Å². The quantitative estimate of drug-likeness (QED) is 0.309. The molecule has 2 aromatic carbocycles. The molecule has 2 heterocycles.